The Morgan fingerprint density at radius 1 is 1.08 bits per heavy atom. The van der Waals surface area contributed by atoms with E-state index in [1.54, 1.807) is 0 Å². The summed E-state index contributed by atoms with van der Waals surface area (Å²) in [7, 11) is -0.630. The first-order chi connectivity index (χ1) is 4.76. The third-order valence-corrected chi connectivity index (χ3v) is 9.30. The van der Waals surface area contributed by atoms with E-state index in [-0.39, 0.29) is 27.0 Å². The molecule has 0 aromatic rings. The average Bonchev–Trinajstić information content (AvgIpc) is 1.54. The Bertz CT molecular complexity index is 170. The standard InChI is InChI=1S/C6H14O2PS2.Ni/c1-5(2)11(6(3)4)9(7,8)10;/h5-6H,1-4H3;/q-3;+3. The summed E-state index contributed by atoms with van der Waals surface area (Å²) in [5, 5.41) is 0.298. The largest absolute Gasteiger partial charge is 3.00 e. The summed E-state index contributed by atoms with van der Waals surface area (Å²) in [4.78, 5) is 22.1. The number of hydrogen-bond acceptors (Lipinski definition) is 3. The molecule has 2 nitrogen and oxygen atoms in total. The number of rotatable bonds is 2. The summed E-state index contributed by atoms with van der Waals surface area (Å²) in [5.41, 5.74) is -3.53. The van der Waals surface area contributed by atoms with Crippen LogP contribution < -0.4 is 9.79 Å². The fraction of sp³-hybridized carbons (Fsp3) is 1.00. The molecule has 0 aromatic carbocycles. The minimum Gasteiger partial charge on any atom is -0.854 e. The molecule has 0 aromatic heterocycles. The van der Waals surface area contributed by atoms with Gasteiger partial charge in [-0.15, -0.1) is 0 Å². The molecule has 0 fully saturated rings. The molecule has 0 heterocycles. The quantitative estimate of drug-likeness (QED) is 0.414. The van der Waals surface area contributed by atoms with Crippen LogP contribution >= 0.6 is 5.69 Å². The predicted molar refractivity (Wildman–Crippen MR) is 51.9 cm³/mol. The molecule has 0 unspecified atom stereocenters. The monoisotopic (exact) mass is 271 g/mol. The fourth-order valence-electron chi connectivity index (χ4n) is 1.06. The molecule has 0 aliphatic rings. The van der Waals surface area contributed by atoms with Crippen LogP contribution in [-0.4, -0.2) is 10.5 Å². The first-order valence-electron chi connectivity index (χ1n) is 3.51. The topological polar surface area (TPSA) is 46.1 Å². The summed E-state index contributed by atoms with van der Waals surface area (Å²) >= 11 is 4.47. The maximum absolute atomic E-state index is 11.1. The van der Waals surface area contributed by atoms with Gasteiger partial charge in [0.25, 0.3) is 0 Å². The molecule has 12 heavy (non-hydrogen) atoms. The van der Waals surface area contributed by atoms with E-state index in [1.807, 2.05) is 27.7 Å². The van der Waals surface area contributed by atoms with Gasteiger partial charge in [0.1, 0.15) is 0 Å². The van der Waals surface area contributed by atoms with Crippen LogP contribution in [0.4, 0.5) is 0 Å². The minimum atomic E-state index is -3.53. The van der Waals surface area contributed by atoms with Crippen molar-refractivity contribution < 1.29 is 26.3 Å². The van der Waals surface area contributed by atoms with Crippen molar-refractivity contribution in [2.24, 2.45) is 0 Å². The van der Waals surface area contributed by atoms with Crippen molar-refractivity contribution in [3.8, 4) is 0 Å². The summed E-state index contributed by atoms with van der Waals surface area (Å²) < 4.78 is 0. The molecule has 0 rings (SSSR count). The summed E-state index contributed by atoms with van der Waals surface area (Å²) in [5.74, 6) is 0. The Labute approximate surface area is 92.3 Å². The van der Waals surface area contributed by atoms with E-state index in [4.69, 9.17) is 0 Å². The van der Waals surface area contributed by atoms with Gasteiger partial charge in [0.05, 0.1) is 0 Å². The van der Waals surface area contributed by atoms with Crippen LogP contribution in [0.5, 0.6) is 0 Å². The Balaban J connectivity index is 0. The zero-order valence-electron chi connectivity index (χ0n) is 7.55. The average molecular weight is 272 g/mol. The molecular weight excluding hydrogens is 258 g/mol. The van der Waals surface area contributed by atoms with Crippen LogP contribution in [0.25, 0.3) is 0 Å². The predicted octanol–water partition coefficient (Wildman–Crippen LogP) is 0.364. The normalized spacial score (nSPS) is 12.5. The van der Waals surface area contributed by atoms with E-state index in [0.717, 1.165) is 0 Å². The molecule has 0 atom stereocenters. The van der Waals surface area contributed by atoms with Crippen molar-refractivity contribution >= 4 is 28.0 Å². The zero-order chi connectivity index (χ0) is 9.23. The Hall–Kier alpha value is 1.54. The van der Waals surface area contributed by atoms with E-state index in [1.165, 1.54) is 0 Å². The van der Waals surface area contributed by atoms with Gasteiger partial charge in [-0.1, -0.05) is 27.7 Å². The molecule has 0 saturated carbocycles. The van der Waals surface area contributed by atoms with Crippen molar-refractivity contribution in [2.75, 3.05) is 0 Å². The van der Waals surface area contributed by atoms with Crippen molar-refractivity contribution in [1.82, 2.24) is 0 Å². The van der Waals surface area contributed by atoms with Crippen molar-refractivity contribution in [3.63, 3.8) is 0 Å². The molecule has 77 valence electrons. The molecule has 0 aliphatic carbocycles. The van der Waals surface area contributed by atoms with Gasteiger partial charge in [0, 0.05) is 0 Å². The zero-order valence-corrected chi connectivity index (χ0v) is 11.1. The number of hydrogen-bond donors (Lipinski definition) is 0. The van der Waals surface area contributed by atoms with E-state index < -0.39 is 15.8 Å². The summed E-state index contributed by atoms with van der Waals surface area (Å²) in [6.07, 6.45) is 0. The van der Waals surface area contributed by atoms with Gasteiger partial charge in [-0.25, -0.2) is 10.1 Å². The fourth-order valence-corrected chi connectivity index (χ4v) is 9.38. The molecule has 0 amide bonds. The van der Waals surface area contributed by atoms with Crippen molar-refractivity contribution in [3.05, 3.63) is 0 Å². The molecular formula is C6H14NiO2PS2. The van der Waals surface area contributed by atoms with Gasteiger partial charge >= 0.3 is 16.5 Å². The Morgan fingerprint density at radius 3 is 1.33 bits per heavy atom. The van der Waals surface area contributed by atoms with Crippen LogP contribution in [0, 0.1) is 0 Å². The first-order valence-corrected chi connectivity index (χ1v) is 8.11. The summed E-state index contributed by atoms with van der Waals surface area (Å²) in [6.45, 7) is 7.61. The molecule has 0 saturated heterocycles. The van der Waals surface area contributed by atoms with E-state index >= 15 is 0 Å². The second-order valence-corrected chi connectivity index (χ2v) is 11.2. The molecule has 0 N–H and O–H groups in total. The van der Waals surface area contributed by atoms with Gasteiger partial charge in [-0.2, -0.15) is 0 Å². The second kappa shape index (κ2) is 6.11. The van der Waals surface area contributed by atoms with Gasteiger partial charge in [0.2, 0.25) is 0 Å². The Kier molecular flexibility index (Phi) is 8.14. The van der Waals surface area contributed by atoms with E-state index in [9.17, 15) is 9.79 Å². The Morgan fingerprint density at radius 2 is 1.33 bits per heavy atom. The smallest absolute Gasteiger partial charge is 0.854 e. The second-order valence-electron chi connectivity index (χ2n) is 2.89. The molecule has 6 heteroatoms. The van der Waals surface area contributed by atoms with Gasteiger partial charge in [-0.05, 0) is 10.5 Å². The van der Waals surface area contributed by atoms with Crippen LogP contribution in [-0.2, 0) is 38.8 Å². The van der Waals surface area contributed by atoms with Crippen molar-refractivity contribution in [1.29, 1.82) is 0 Å². The molecule has 0 spiro atoms. The van der Waals surface area contributed by atoms with Gasteiger partial charge < -0.3 is 27.7 Å². The van der Waals surface area contributed by atoms with Gasteiger partial charge in [0.15, 0.2) is 0 Å². The van der Waals surface area contributed by atoms with Gasteiger partial charge in [-0.3, -0.25) is 0 Å². The maximum atomic E-state index is 11.1. The van der Waals surface area contributed by atoms with Crippen LogP contribution in [0.1, 0.15) is 27.7 Å². The molecule has 1 radical (unpaired) electrons. The third-order valence-electron chi connectivity index (χ3n) is 1.22. The molecule has 0 aliphatic heterocycles. The van der Waals surface area contributed by atoms with Crippen LogP contribution in [0.2, 0.25) is 0 Å². The SMILES string of the molecule is CC(C)S(C(C)C)=P([O-])([O-])[S-].[Ni+3]. The minimum absolute atomic E-state index is 0. The van der Waals surface area contributed by atoms with E-state index in [0.29, 0.717) is 0 Å². The van der Waals surface area contributed by atoms with Crippen LogP contribution in [0.3, 0.4) is 0 Å². The third kappa shape index (κ3) is 5.31. The van der Waals surface area contributed by atoms with Crippen molar-refractivity contribution in [2.45, 2.75) is 38.2 Å². The van der Waals surface area contributed by atoms with E-state index in [2.05, 4.69) is 12.2 Å². The summed E-state index contributed by atoms with van der Waals surface area (Å²) in [6, 6.07) is 0. The molecule has 0 bridgehead atoms. The maximum Gasteiger partial charge on any atom is 3.00 e. The first kappa shape index (κ1) is 16.0. The van der Waals surface area contributed by atoms with Crippen LogP contribution in [0.15, 0.2) is 0 Å².